The van der Waals surface area contributed by atoms with Gasteiger partial charge in [0.1, 0.15) is 5.00 Å². The van der Waals surface area contributed by atoms with Gasteiger partial charge < -0.3 is 11.1 Å². The molecule has 2 amide bonds. The third kappa shape index (κ3) is 4.15. The Balaban J connectivity index is 1.89. The SMILES string of the molecule is CCSc1cccc(C(=O)Nc2sc(-c3ccccc3)cc2C(N)=O)c1. The molecule has 0 aliphatic rings. The zero-order valence-corrected chi connectivity index (χ0v) is 15.8. The van der Waals surface area contributed by atoms with Crippen molar-refractivity contribution < 1.29 is 9.59 Å². The fourth-order valence-corrected chi connectivity index (χ4v) is 4.26. The number of carbonyl (C=O) groups excluding carboxylic acids is 2. The Morgan fingerprint density at radius 1 is 1.08 bits per heavy atom. The van der Waals surface area contributed by atoms with Crippen LogP contribution in [0.4, 0.5) is 5.00 Å². The van der Waals surface area contributed by atoms with Gasteiger partial charge in [-0.2, -0.15) is 0 Å². The number of nitrogens with one attached hydrogen (secondary N) is 1. The molecular weight excluding hydrogens is 364 g/mol. The number of primary amides is 1. The molecule has 1 aromatic heterocycles. The van der Waals surface area contributed by atoms with Crippen LogP contribution in [-0.4, -0.2) is 17.6 Å². The normalized spacial score (nSPS) is 10.5. The first kappa shape index (κ1) is 18.2. The van der Waals surface area contributed by atoms with E-state index in [2.05, 4.69) is 12.2 Å². The van der Waals surface area contributed by atoms with E-state index in [-0.39, 0.29) is 5.91 Å². The van der Waals surface area contributed by atoms with Gasteiger partial charge in [0.25, 0.3) is 11.8 Å². The van der Waals surface area contributed by atoms with Gasteiger partial charge in [0, 0.05) is 15.3 Å². The van der Waals surface area contributed by atoms with Gasteiger partial charge in [-0.1, -0.05) is 43.3 Å². The maximum atomic E-state index is 12.6. The first-order valence-electron chi connectivity index (χ1n) is 8.11. The molecular formula is C20H18N2O2S2. The third-order valence-corrected chi connectivity index (χ3v) is 5.67. The Morgan fingerprint density at radius 2 is 1.85 bits per heavy atom. The predicted octanol–water partition coefficient (Wildman–Crippen LogP) is 4.88. The number of rotatable bonds is 6. The third-order valence-electron chi connectivity index (χ3n) is 3.69. The molecule has 6 heteroatoms. The molecule has 1 heterocycles. The fraction of sp³-hybridized carbons (Fsp3) is 0.100. The Labute approximate surface area is 160 Å². The summed E-state index contributed by atoms with van der Waals surface area (Å²) in [5.74, 6) is 0.115. The molecule has 0 radical (unpaired) electrons. The maximum absolute atomic E-state index is 12.6. The average Bonchev–Trinajstić information content (AvgIpc) is 3.07. The Kier molecular flexibility index (Phi) is 5.75. The van der Waals surface area contributed by atoms with E-state index in [0.717, 1.165) is 21.1 Å². The molecule has 0 aliphatic heterocycles. The Hall–Kier alpha value is -2.57. The van der Waals surface area contributed by atoms with Gasteiger partial charge in [-0.15, -0.1) is 23.1 Å². The Bertz CT molecular complexity index is 936. The van der Waals surface area contributed by atoms with Crippen LogP contribution in [0.2, 0.25) is 0 Å². The lowest BCUT2D eigenvalue weighted by molar-refractivity contribution is 0.100. The van der Waals surface area contributed by atoms with Crippen molar-refractivity contribution in [3.8, 4) is 10.4 Å². The number of amides is 2. The first-order valence-corrected chi connectivity index (χ1v) is 9.92. The topological polar surface area (TPSA) is 72.2 Å². The second-order valence-corrected chi connectivity index (χ2v) is 7.89. The number of thiophene rings is 1. The molecule has 3 aromatic rings. The highest BCUT2D eigenvalue weighted by Gasteiger charge is 2.17. The van der Waals surface area contributed by atoms with Crippen LogP contribution >= 0.6 is 23.1 Å². The molecule has 0 unspecified atom stereocenters. The van der Waals surface area contributed by atoms with Crippen LogP contribution in [0, 0.1) is 0 Å². The largest absolute Gasteiger partial charge is 0.366 e. The summed E-state index contributed by atoms with van der Waals surface area (Å²) in [4.78, 5) is 26.3. The number of benzene rings is 2. The molecule has 0 fully saturated rings. The van der Waals surface area contributed by atoms with Crippen molar-refractivity contribution in [3.05, 3.63) is 71.8 Å². The van der Waals surface area contributed by atoms with E-state index >= 15 is 0 Å². The summed E-state index contributed by atoms with van der Waals surface area (Å²) in [6.45, 7) is 2.06. The van der Waals surface area contributed by atoms with Crippen LogP contribution < -0.4 is 11.1 Å². The van der Waals surface area contributed by atoms with Crippen LogP contribution in [0.15, 0.2) is 65.6 Å². The van der Waals surface area contributed by atoms with E-state index in [1.807, 2.05) is 48.5 Å². The summed E-state index contributed by atoms with van der Waals surface area (Å²) in [7, 11) is 0. The van der Waals surface area contributed by atoms with E-state index in [4.69, 9.17) is 5.73 Å². The minimum Gasteiger partial charge on any atom is -0.366 e. The molecule has 0 bridgehead atoms. The van der Waals surface area contributed by atoms with Gasteiger partial charge in [-0.3, -0.25) is 9.59 Å². The first-order chi connectivity index (χ1) is 12.6. The molecule has 132 valence electrons. The minimum atomic E-state index is -0.561. The molecule has 3 N–H and O–H groups in total. The van der Waals surface area contributed by atoms with Crippen molar-refractivity contribution in [1.29, 1.82) is 0 Å². The lowest BCUT2D eigenvalue weighted by atomic mass is 10.1. The molecule has 0 aliphatic carbocycles. The average molecular weight is 383 g/mol. The lowest BCUT2D eigenvalue weighted by Gasteiger charge is -2.06. The standard InChI is InChI=1S/C20H18N2O2S2/c1-2-25-15-10-6-9-14(11-15)19(24)22-20-16(18(21)23)12-17(26-20)13-7-4-3-5-8-13/h3-12H,2H2,1H3,(H2,21,23)(H,22,24). The van der Waals surface area contributed by atoms with Crippen LogP contribution in [-0.2, 0) is 0 Å². The van der Waals surface area contributed by atoms with Gasteiger partial charge in [0.2, 0.25) is 0 Å². The van der Waals surface area contributed by atoms with Crippen molar-refractivity contribution >= 4 is 39.9 Å². The lowest BCUT2D eigenvalue weighted by Crippen LogP contribution is -2.16. The van der Waals surface area contributed by atoms with E-state index in [1.54, 1.807) is 23.9 Å². The fourth-order valence-electron chi connectivity index (χ4n) is 2.48. The maximum Gasteiger partial charge on any atom is 0.256 e. The number of thioether (sulfide) groups is 1. The monoisotopic (exact) mass is 382 g/mol. The zero-order chi connectivity index (χ0) is 18.5. The summed E-state index contributed by atoms with van der Waals surface area (Å²) in [5, 5.41) is 3.30. The van der Waals surface area contributed by atoms with Gasteiger partial charge in [0.05, 0.1) is 5.56 Å². The molecule has 0 saturated carbocycles. The molecule has 3 rings (SSSR count). The van der Waals surface area contributed by atoms with Gasteiger partial charge in [-0.25, -0.2) is 0 Å². The summed E-state index contributed by atoms with van der Waals surface area (Å²) < 4.78 is 0. The predicted molar refractivity (Wildman–Crippen MR) is 109 cm³/mol. The summed E-state index contributed by atoms with van der Waals surface area (Å²) in [5.41, 5.74) is 7.34. The number of nitrogens with two attached hydrogens (primary N) is 1. The highest BCUT2D eigenvalue weighted by Crippen LogP contribution is 2.35. The zero-order valence-electron chi connectivity index (χ0n) is 14.2. The smallest absolute Gasteiger partial charge is 0.256 e. The highest BCUT2D eigenvalue weighted by molar-refractivity contribution is 7.99. The summed E-state index contributed by atoms with van der Waals surface area (Å²) in [6.07, 6.45) is 0. The number of carbonyl (C=O) groups is 2. The number of hydrogen-bond donors (Lipinski definition) is 2. The van der Waals surface area contributed by atoms with E-state index < -0.39 is 5.91 Å². The summed E-state index contributed by atoms with van der Waals surface area (Å²) >= 11 is 3.01. The van der Waals surface area contributed by atoms with Gasteiger partial charge >= 0.3 is 0 Å². The number of hydrogen-bond acceptors (Lipinski definition) is 4. The van der Waals surface area contributed by atoms with E-state index in [0.29, 0.717) is 16.1 Å². The van der Waals surface area contributed by atoms with Crippen LogP contribution in [0.25, 0.3) is 10.4 Å². The molecule has 4 nitrogen and oxygen atoms in total. The van der Waals surface area contributed by atoms with E-state index in [9.17, 15) is 9.59 Å². The van der Waals surface area contributed by atoms with Crippen molar-refractivity contribution in [2.75, 3.05) is 11.1 Å². The van der Waals surface area contributed by atoms with Crippen LogP contribution in [0.5, 0.6) is 0 Å². The van der Waals surface area contributed by atoms with Crippen molar-refractivity contribution in [2.24, 2.45) is 5.73 Å². The van der Waals surface area contributed by atoms with Gasteiger partial charge in [0.15, 0.2) is 0 Å². The second-order valence-electron chi connectivity index (χ2n) is 5.50. The summed E-state index contributed by atoms with van der Waals surface area (Å²) in [6, 6.07) is 18.8. The Morgan fingerprint density at radius 3 is 2.54 bits per heavy atom. The molecule has 2 aromatic carbocycles. The van der Waals surface area contributed by atoms with E-state index in [1.165, 1.54) is 11.3 Å². The van der Waals surface area contributed by atoms with Crippen LogP contribution in [0.1, 0.15) is 27.6 Å². The molecule has 0 atom stereocenters. The van der Waals surface area contributed by atoms with Gasteiger partial charge in [-0.05, 0) is 35.6 Å². The molecule has 26 heavy (non-hydrogen) atoms. The highest BCUT2D eigenvalue weighted by atomic mass is 32.2. The quantitative estimate of drug-likeness (QED) is 0.597. The van der Waals surface area contributed by atoms with Crippen molar-refractivity contribution in [3.63, 3.8) is 0 Å². The minimum absolute atomic E-state index is 0.257. The molecule has 0 spiro atoms. The van der Waals surface area contributed by atoms with Crippen LogP contribution in [0.3, 0.4) is 0 Å². The number of anilines is 1. The van der Waals surface area contributed by atoms with Crippen molar-refractivity contribution in [2.45, 2.75) is 11.8 Å². The van der Waals surface area contributed by atoms with Crippen molar-refractivity contribution in [1.82, 2.24) is 0 Å². The molecule has 0 saturated heterocycles. The second kappa shape index (κ2) is 8.21.